The van der Waals surface area contributed by atoms with Gasteiger partial charge in [-0.2, -0.15) is 0 Å². The summed E-state index contributed by atoms with van der Waals surface area (Å²) in [6.45, 7) is 1.63. The third-order valence-corrected chi connectivity index (χ3v) is 5.20. The molecule has 0 fully saturated rings. The van der Waals surface area contributed by atoms with Crippen molar-refractivity contribution in [2.75, 3.05) is 25.3 Å². The van der Waals surface area contributed by atoms with Crippen molar-refractivity contribution in [3.8, 4) is 11.5 Å². The van der Waals surface area contributed by atoms with Crippen molar-refractivity contribution >= 4 is 23.4 Å². The van der Waals surface area contributed by atoms with E-state index >= 15 is 0 Å². The minimum atomic E-state index is -0.492. The maximum atomic E-state index is 12.3. The molecule has 164 valence electrons. The van der Waals surface area contributed by atoms with Crippen LogP contribution >= 0.6 is 11.8 Å². The number of amides is 1. The van der Waals surface area contributed by atoms with E-state index in [9.17, 15) is 14.4 Å². The summed E-state index contributed by atoms with van der Waals surface area (Å²) < 4.78 is 16.9. The second-order valence-corrected chi connectivity index (χ2v) is 7.37. The molecule has 0 aliphatic heterocycles. The third-order valence-electron chi connectivity index (χ3n) is 4.38. The number of carbonyl (C=O) groups excluding carboxylic acids is 1. The van der Waals surface area contributed by atoms with Crippen LogP contribution in [0.2, 0.25) is 0 Å². The maximum absolute atomic E-state index is 12.3. The number of nitrogens with zero attached hydrogens (tertiary/aromatic N) is 3. The Bertz CT molecular complexity index is 1220. The number of nitrogens with one attached hydrogen (secondary N) is 2. The first-order valence-electron chi connectivity index (χ1n) is 9.08. The number of hydrogen-bond acceptors (Lipinski definition) is 9. The number of rotatable bonds is 8. The summed E-state index contributed by atoms with van der Waals surface area (Å²) >= 11 is 1.06. The minimum absolute atomic E-state index is 0.0371. The predicted octanol–water partition coefficient (Wildman–Crippen LogP) is 1.10. The molecule has 11 nitrogen and oxygen atoms in total. The fraction of sp³-hybridized carbons (Fsp3) is 0.316. The zero-order chi connectivity index (χ0) is 22.5. The molecule has 1 amide bonds. The van der Waals surface area contributed by atoms with Crippen molar-refractivity contribution < 1.29 is 18.7 Å². The number of ether oxygens (including phenoxy) is 2. The van der Waals surface area contributed by atoms with Gasteiger partial charge in [-0.05, 0) is 19.1 Å². The van der Waals surface area contributed by atoms with Gasteiger partial charge >= 0.3 is 5.69 Å². The van der Waals surface area contributed by atoms with Crippen molar-refractivity contribution in [3.05, 3.63) is 56.2 Å². The van der Waals surface area contributed by atoms with Crippen molar-refractivity contribution in [2.24, 2.45) is 7.05 Å². The summed E-state index contributed by atoms with van der Waals surface area (Å²) in [4.78, 5) is 38.7. The van der Waals surface area contributed by atoms with Crippen LogP contribution in [-0.2, 0) is 18.3 Å². The van der Waals surface area contributed by atoms with Crippen LogP contribution in [0.5, 0.6) is 11.5 Å². The Morgan fingerprint density at radius 3 is 2.68 bits per heavy atom. The largest absolute Gasteiger partial charge is 0.493 e. The molecule has 2 aromatic heterocycles. The highest BCUT2D eigenvalue weighted by Crippen LogP contribution is 2.29. The Morgan fingerprint density at radius 1 is 1.23 bits per heavy atom. The molecule has 0 spiro atoms. The van der Waals surface area contributed by atoms with E-state index in [0.29, 0.717) is 28.4 Å². The van der Waals surface area contributed by atoms with E-state index < -0.39 is 11.2 Å². The number of aryl methyl sites for hydroxylation is 1. The van der Waals surface area contributed by atoms with Crippen LogP contribution in [0.3, 0.4) is 0 Å². The van der Waals surface area contributed by atoms with Crippen LogP contribution in [0, 0.1) is 6.92 Å². The standard InChI is InChI=1S/C19H21N5O6S/c1-10-12(17(26)24(2)18(27)20-10)8-16-22-23-19(30-16)31-9-15(25)21-11-5-6-13(28-3)14(7-11)29-4/h5-7H,8-9H2,1-4H3,(H,20,27)(H,21,25). The summed E-state index contributed by atoms with van der Waals surface area (Å²) in [5.74, 6) is 1.02. The molecule has 0 radical (unpaired) electrons. The molecular formula is C19H21N5O6S. The molecule has 0 unspecified atom stereocenters. The van der Waals surface area contributed by atoms with Crippen molar-refractivity contribution in [3.63, 3.8) is 0 Å². The molecule has 2 N–H and O–H groups in total. The first-order chi connectivity index (χ1) is 14.8. The molecule has 0 aliphatic carbocycles. The van der Waals surface area contributed by atoms with Gasteiger partial charge in [0, 0.05) is 30.1 Å². The lowest BCUT2D eigenvalue weighted by atomic mass is 10.2. The Labute approximate surface area is 180 Å². The van der Waals surface area contributed by atoms with E-state index in [0.717, 1.165) is 16.3 Å². The number of H-pyrrole nitrogens is 1. The van der Waals surface area contributed by atoms with Gasteiger partial charge in [-0.1, -0.05) is 11.8 Å². The molecule has 0 atom stereocenters. The number of benzene rings is 1. The van der Waals surface area contributed by atoms with Gasteiger partial charge in [-0.25, -0.2) is 4.79 Å². The second kappa shape index (κ2) is 9.51. The van der Waals surface area contributed by atoms with Crippen molar-refractivity contribution in [2.45, 2.75) is 18.6 Å². The second-order valence-electron chi connectivity index (χ2n) is 6.44. The summed E-state index contributed by atoms with van der Waals surface area (Å²) in [7, 11) is 4.43. The lowest BCUT2D eigenvalue weighted by Crippen LogP contribution is -2.36. The maximum Gasteiger partial charge on any atom is 0.328 e. The first kappa shape index (κ1) is 22.2. The number of methoxy groups -OCH3 is 2. The topological polar surface area (TPSA) is 141 Å². The van der Waals surface area contributed by atoms with Crippen LogP contribution in [0.4, 0.5) is 5.69 Å². The smallest absolute Gasteiger partial charge is 0.328 e. The molecule has 0 saturated heterocycles. The Hall–Kier alpha value is -3.54. The number of aromatic amines is 1. The number of thioether (sulfide) groups is 1. The Morgan fingerprint density at radius 2 is 1.97 bits per heavy atom. The predicted molar refractivity (Wildman–Crippen MR) is 113 cm³/mol. The highest BCUT2D eigenvalue weighted by atomic mass is 32.2. The molecule has 0 aliphatic rings. The fourth-order valence-corrected chi connectivity index (χ4v) is 3.32. The number of carbonyl (C=O) groups is 1. The highest BCUT2D eigenvalue weighted by molar-refractivity contribution is 7.99. The first-order valence-corrected chi connectivity index (χ1v) is 10.1. The van der Waals surface area contributed by atoms with Gasteiger partial charge in [0.15, 0.2) is 11.5 Å². The molecule has 31 heavy (non-hydrogen) atoms. The summed E-state index contributed by atoms with van der Waals surface area (Å²) in [5, 5.41) is 10.7. The van der Waals surface area contributed by atoms with E-state index in [2.05, 4.69) is 20.5 Å². The number of anilines is 1. The molecule has 2 heterocycles. The molecule has 1 aromatic carbocycles. The van der Waals surface area contributed by atoms with Crippen LogP contribution in [-0.4, -0.2) is 45.6 Å². The molecule has 0 bridgehead atoms. The average molecular weight is 447 g/mol. The van der Waals surface area contributed by atoms with Gasteiger partial charge in [-0.15, -0.1) is 10.2 Å². The highest BCUT2D eigenvalue weighted by Gasteiger charge is 2.15. The van der Waals surface area contributed by atoms with E-state index in [1.54, 1.807) is 25.1 Å². The summed E-state index contributed by atoms with van der Waals surface area (Å²) in [6, 6.07) is 5.04. The lowest BCUT2D eigenvalue weighted by Gasteiger charge is -2.10. The van der Waals surface area contributed by atoms with Crippen molar-refractivity contribution in [1.29, 1.82) is 0 Å². The molecule has 12 heteroatoms. The number of hydrogen-bond donors (Lipinski definition) is 2. The van der Waals surface area contributed by atoms with E-state index in [1.807, 2.05) is 0 Å². The SMILES string of the molecule is COc1ccc(NC(=O)CSc2nnc(Cc3c(C)[nH]c(=O)n(C)c3=O)o2)cc1OC. The monoisotopic (exact) mass is 447 g/mol. The summed E-state index contributed by atoms with van der Waals surface area (Å²) in [5.41, 5.74) is 0.429. The van der Waals surface area contributed by atoms with E-state index in [-0.39, 0.29) is 29.2 Å². The summed E-state index contributed by atoms with van der Waals surface area (Å²) in [6.07, 6.45) is 0.0701. The van der Waals surface area contributed by atoms with Gasteiger partial charge < -0.3 is 24.2 Å². The quantitative estimate of drug-likeness (QED) is 0.486. The average Bonchev–Trinajstić information content (AvgIpc) is 3.21. The third kappa shape index (κ3) is 5.15. The lowest BCUT2D eigenvalue weighted by molar-refractivity contribution is -0.113. The van der Waals surface area contributed by atoms with Crippen molar-refractivity contribution in [1.82, 2.24) is 19.7 Å². The number of aromatic nitrogens is 4. The Kier molecular flexibility index (Phi) is 6.80. The fourth-order valence-electron chi connectivity index (χ4n) is 2.74. The van der Waals surface area contributed by atoms with Gasteiger partial charge in [0.1, 0.15) is 0 Å². The molecular weight excluding hydrogens is 426 g/mol. The molecule has 3 aromatic rings. The van der Waals surface area contributed by atoms with Gasteiger partial charge in [0.05, 0.1) is 26.4 Å². The van der Waals surface area contributed by atoms with Crippen LogP contribution in [0.25, 0.3) is 0 Å². The Balaban J connectivity index is 1.61. The van der Waals surface area contributed by atoms with E-state index in [1.165, 1.54) is 21.3 Å². The minimum Gasteiger partial charge on any atom is -0.493 e. The van der Waals surface area contributed by atoms with Crippen LogP contribution < -0.4 is 26.0 Å². The zero-order valence-corrected chi connectivity index (χ0v) is 18.2. The van der Waals surface area contributed by atoms with Gasteiger partial charge in [0.2, 0.25) is 11.8 Å². The van der Waals surface area contributed by atoms with Gasteiger partial charge in [-0.3, -0.25) is 14.2 Å². The van der Waals surface area contributed by atoms with Crippen LogP contribution in [0.1, 0.15) is 17.1 Å². The molecule has 0 saturated carbocycles. The normalized spacial score (nSPS) is 10.7. The van der Waals surface area contributed by atoms with E-state index in [4.69, 9.17) is 13.9 Å². The van der Waals surface area contributed by atoms with Crippen LogP contribution in [0.15, 0.2) is 37.4 Å². The molecule has 3 rings (SSSR count). The zero-order valence-electron chi connectivity index (χ0n) is 17.3. The van der Waals surface area contributed by atoms with Gasteiger partial charge in [0.25, 0.3) is 10.8 Å².